The molecule has 5 heteroatoms. The van der Waals surface area contributed by atoms with Crippen LogP contribution in [0.1, 0.15) is 16.6 Å². The van der Waals surface area contributed by atoms with Gasteiger partial charge in [0.15, 0.2) is 0 Å². The van der Waals surface area contributed by atoms with Crippen molar-refractivity contribution in [1.29, 1.82) is 0 Å². The number of carbonyl (C=O) groups is 1. The summed E-state index contributed by atoms with van der Waals surface area (Å²) in [6, 6.07) is 0. The van der Waals surface area contributed by atoms with Gasteiger partial charge in [0, 0.05) is 0 Å². The van der Waals surface area contributed by atoms with Crippen molar-refractivity contribution in [2.45, 2.75) is 6.92 Å². The summed E-state index contributed by atoms with van der Waals surface area (Å²) in [6.07, 6.45) is 0. The second-order valence-corrected chi connectivity index (χ2v) is 3.57. The molecule has 0 saturated carbocycles. The first kappa shape index (κ1) is 8.92. The van der Waals surface area contributed by atoms with Crippen molar-refractivity contribution in [2.75, 3.05) is 6.61 Å². The second-order valence-electron chi connectivity index (χ2n) is 1.69. The number of halogens is 1. The number of ether oxygens (including phenoxy) is 1. The first-order chi connectivity index (χ1) is 5.25. The topological polar surface area (TPSA) is 39.2 Å². The standard InChI is InChI=1S/C6H6INO2S/c1-2-10-6(9)4-5(7)8-3-11-4/h3H,2H2,1H3. The summed E-state index contributed by atoms with van der Waals surface area (Å²) in [4.78, 5) is 15.6. The molecule has 11 heavy (non-hydrogen) atoms. The lowest BCUT2D eigenvalue weighted by atomic mass is 10.6. The maximum atomic E-state index is 11.1. The second kappa shape index (κ2) is 4.01. The summed E-state index contributed by atoms with van der Waals surface area (Å²) in [7, 11) is 0. The van der Waals surface area contributed by atoms with Crippen molar-refractivity contribution in [1.82, 2.24) is 4.98 Å². The molecule has 1 aromatic rings. The molecule has 0 bridgehead atoms. The van der Waals surface area contributed by atoms with Gasteiger partial charge in [-0.1, -0.05) is 0 Å². The zero-order valence-corrected chi connectivity index (χ0v) is 8.81. The highest BCUT2D eigenvalue weighted by molar-refractivity contribution is 14.1. The number of nitrogens with zero attached hydrogens (tertiary/aromatic N) is 1. The highest BCUT2D eigenvalue weighted by Gasteiger charge is 2.12. The third-order valence-corrected chi connectivity index (χ3v) is 2.98. The summed E-state index contributed by atoms with van der Waals surface area (Å²) >= 11 is 3.31. The van der Waals surface area contributed by atoms with E-state index in [1.807, 2.05) is 22.6 Å². The van der Waals surface area contributed by atoms with Crippen LogP contribution in [0.2, 0.25) is 0 Å². The van der Waals surface area contributed by atoms with Gasteiger partial charge >= 0.3 is 5.97 Å². The van der Waals surface area contributed by atoms with E-state index in [4.69, 9.17) is 4.74 Å². The molecule has 0 fully saturated rings. The lowest BCUT2D eigenvalue weighted by Crippen LogP contribution is -2.03. The Bertz CT molecular complexity index is 261. The summed E-state index contributed by atoms with van der Waals surface area (Å²) in [5, 5.41) is 0. The Kier molecular flexibility index (Phi) is 3.25. The molecule has 0 spiro atoms. The van der Waals surface area contributed by atoms with Crippen LogP contribution in [-0.2, 0) is 4.74 Å². The van der Waals surface area contributed by atoms with Gasteiger partial charge in [-0.15, -0.1) is 11.3 Å². The highest BCUT2D eigenvalue weighted by Crippen LogP contribution is 2.16. The van der Waals surface area contributed by atoms with E-state index in [0.717, 1.165) is 0 Å². The van der Waals surface area contributed by atoms with E-state index in [-0.39, 0.29) is 5.97 Å². The number of aromatic nitrogens is 1. The number of hydrogen-bond donors (Lipinski definition) is 0. The molecule has 1 heterocycles. The van der Waals surface area contributed by atoms with Gasteiger partial charge in [-0.2, -0.15) is 0 Å². The molecule has 1 rings (SSSR count). The molecule has 3 nitrogen and oxygen atoms in total. The first-order valence-corrected chi connectivity index (χ1v) is 4.97. The smallest absolute Gasteiger partial charge is 0.351 e. The molecular weight excluding hydrogens is 277 g/mol. The molecule has 60 valence electrons. The fourth-order valence-corrected chi connectivity index (χ4v) is 2.06. The van der Waals surface area contributed by atoms with E-state index >= 15 is 0 Å². The monoisotopic (exact) mass is 283 g/mol. The zero-order chi connectivity index (χ0) is 8.27. The Morgan fingerprint density at radius 1 is 1.91 bits per heavy atom. The minimum absolute atomic E-state index is 0.278. The normalized spacial score (nSPS) is 9.64. The minimum Gasteiger partial charge on any atom is -0.462 e. The summed E-state index contributed by atoms with van der Waals surface area (Å²) in [5.41, 5.74) is 1.63. The predicted molar refractivity (Wildman–Crippen MR) is 50.8 cm³/mol. The molecule has 0 N–H and O–H groups in total. The molecule has 0 unspecified atom stereocenters. The third kappa shape index (κ3) is 2.13. The van der Waals surface area contributed by atoms with Crippen LogP contribution >= 0.6 is 33.9 Å². The van der Waals surface area contributed by atoms with Crippen molar-refractivity contribution in [3.8, 4) is 0 Å². The average molecular weight is 283 g/mol. The highest BCUT2D eigenvalue weighted by atomic mass is 127. The van der Waals surface area contributed by atoms with Gasteiger partial charge < -0.3 is 4.74 Å². The van der Waals surface area contributed by atoms with E-state index in [9.17, 15) is 4.79 Å². The van der Waals surface area contributed by atoms with E-state index in [2.05, 4.69) is 4.98 Å². The summed E-state index contributed by atoms with van der Waals surface area (Å²) in [6.45, 7) is 2.19. The molecule has 0 saturated heterocycles. The van der Waals surface area contributed by atoms with Gasteiger partial charge in [0.1, 0.15) is 8.58 Å². The van der Waals surface area contributed by atoms with Gasteiger partial charge in [-0.25, -0.2) is 9.78 Å². The first-order valence-electron chi connectivity index (χ1n) is 3.01. The van der Waals surface area contributed by atoms with Crippen molar-refractivity contribution in [2.24, 2.45) is 0 Å². The molecule has 0 radical (unpaired) electrons. The van der Waals surface area contributed by atoms with E-state index in [1.54, 1.807) is 12.4 Å². The maximum Gasteiger partial charge on any atom is 0.351 e. The quantitative estimate of drug-likeness (QED) is 0.615. The van der Waals surface area contributed by atoms with E-state index < -0.39 is 0 Å². The van der Waals surface area contributed by atoms with Crippen molar-refractivity contribution in [3.63, 3.8) is 0 Å². The number of esters is 1. The van der Waals surface area contributed by atoms with Crippen LogP contribution in [0.5, 0.6) is 0 Å². The molecule has 0 aliphatic heterocycles. The van der Waals surface area contributed by atoms with Gasteiger partial charge in [0.25, 0.3) is 0 Å². The number of thiazole rings is 1. The van der Waals surface area contributed by atoms with E-state index in [1.165, 1.54) is 11.3 Å². The van der Waals surface area contributed by atoms with Crippen molar-refractivity contribution >= 4 is 39.9 Å². The number of hydrogen-bond acceptors (Lipinski definition) is 4. The molecule has 0 aliphatic rings. The lowest BCUT2D eigenvalue weighted by molar-refractivity contribution is 0.0530. The summed E-state index contributed by atoms with van der Waals surface area (Å²) in [5.74, 6) is -0.278. The van der Waals surface area contributed by atoms with Gasteiger partial charge in [-0.3, -0.25) is 0 Å². The van der Waals surface area contributed by atoms with Crippen LogP contribution in [0.3, 0.4) is 0 Å². The Hall–Kier alpha value is -0.170. The fraction of sp³-hybridized carbons (Fsp3) is 0.333. The SMILES string of the molecule is CCOC(=O)c1scnc1I. The van der Waals surface area contributed by atoms with Gasteiger partial charge in [-0.05, 0) is 29.5 Å². The van der Waals surface area contributed by atoms with Gasteiger partial charge in [0.2, 0.25) is 0 Å². The van der Waals surface area contributed by atoms with Crippen molar-refractivity contribution < 1.29 is 9.53 Å². The van der Waals surface area contributed by atoms with Crippen LogP contribution in [-0.4, -0.2) is 17.6 Å². The largest absolute Gasteiger partial charge is 0.462 e. The Morgan fingerprint density at radius 2 is 2.64 bits per heavy atom. The van der Waals surface area contributed by atoms with Crippen LogP contribution in [0.4, 0.5) is 0 Å². The van der Waals surface area contributed by atoms with Crippen molar-refractivity contribution in [3.05, 3.63) is 14.1 Å². The Labute approximate surface area is 81.9 Å². The molecule has 0 atom stereocenters. The maximum absolute atomic E-state index is 11.1. The summed E-state index contributed by atoms with van der Waals surface area (Å²) < 4.78 is 5.51. The molecule has 0 aliphatic carbocycles. The molecule has 0 amide bonds. The minimum atomic E-state index is -0.278. The third-order valence-electron chi connectivity index (χ3n) is 0.985. The molecule has 1 aromatic heterocycles. The number of carbonyl (C=O) groups excluding carboxylic acids is 1. The average Bonchev–Trinajstić information content (AvgIpc) is 2.36. The Morgan fingerprint density at radius 3 is 3.09 bits per heavy atom. The number of rotatable bonds is 2. The van der Waals surface area contributed by atoms with Crippen LogP contribution in [0.25, 0.3) is 0 Å². The molecular formula is C6H6INO2S. The van der Waals surface area contributed by atoms with Crippen LogP contribution in [0.15, 0.2) is 5.51 Å². The van der Waals surface area contributed by atoms with Gasteiger partial charge in [0.05, 0.1) is 12.1 Å². The lowest BCUT2D eigenvalue weighted by Gasteiger charge is -1.96. The van der Waals surface area contributed by atoms with Crippen LogP contribution < -0.4 is 0 Å². The predicted octanol–water partition coefficient (Wildman–Crippen LogP) is 1.92. The van der Waals surface area contributed by atoms with Crippen LogP contribution in [0, 0.1) is 3.70 Å². The molecule has 0 aromatic carbocycles. The Balaban J connectivity index is 2.76. The van der Waals surface area contributed by atoms with E-state index in [0.29, 0.717) is 15.2 Å². The fourth-order valence-electron chi connectivity index (χ4n) is 0.562. The zero-order valence-electron chi connectivity index (χ0n) is 5.83.